The summed E-state index contributed by atoms with van der Waals surface area (Å²) in [4.78, 5) is 11.9. The van der Waals surface area contributed by atoms with Crippen LogP contribution in [-0.2, 0) is 21.3 Å². The number of thiophene rings is 1. The molecule has 24 heavy (non-hydrogen) atoms. The molecule has 0 unspecified atom stereocenters. The quantitative estimate of drug-likeness (QED) is 0.816. The molecule has 0 atom stereocenters. The Kier molecular flexibility index (Phi) is 5.87. The predicted octanol–water partition coefficient (Wildman–Crippen LogP) is 2.26. The van der Waals surface area contributed by atoms with Crippen LogP contribution in [0.25, 0.3) is 0 Å². The number of ether oxygens (including phenoxy) is 1. The summed E-state index contributed by atoms with van der Waals surface area (Å²) in [6, 6.07) is 8.81. The number of benzene rings is 1. The van der Waals surface area contributed by atoms with Gasteiger partial charge in [-0.3, -0.25) is 4.31 Å². The van der Waals surface area contributed by atoms with Gasteiger partial charge in [-0.1, -0.05) is 18.2 Å². The van der Waals surface area contributed by atoms with Gasteiger partial charge < -0.3 is 10.1 Å². The number of nitrogens with zero attached hydrogens (tertiary/aromatic N) is 1. The number of nitrogens with one attached hydrogen (secondary N) is 1. The fraction of sp³-hybridized carbons (Fsp3) is 0.267. The highest BCUT2D eigenvalue weighted by molar-refractivity contribution is 7.93. The molecule has 1 aromatic carbocycles. The number of hydrogen-bond acceptors (Lipinski definition) is 6. The number of anilines is 1. The highest BCUT2D eigenvalue weighted by Crippen LogP contribution is 2.31. The number of fused-ring (bicyclic) bond motifs is 1. The Labute approximate surface area is 150 Å². The second-order valence-corrected chi connectivity index (χ2v) is 7.74. The zero-order valence-electron chi connectivity index (χ0n) is 12.9. The highest BCUT2D eigenvalue weighted by atomic mass is 35.5. The standard InChI is InChI=1S/C15H16N2O4S2.ClH/c1-21-15(18)14-13(6-9-22-14)23(19,20)17-8-7-16-10-11-4-2-3-5-12(11)17;/h2-6,9,16H,7-8,10H2,1H3;1H. The van der Waals surface area contributed by atoms with E-state index in [9.17, 15) is 13.2 Å². The Morgan fingerprint density at radius 2 is 2.04 bits per heavy atom. The molecule has 0 saturated carbocycles. The molecule has 0 radical (unpaired) electrons. The first-order chi connectivity index (χ1) is 11.1. The van der Waals surface area contributed by atoms with Crippen molar-refractivity contribution in [1.29, 1.82) is 0 Å². The fourth-order valence-electron chi connectivity index (χ4n) is 2.54. The summed E-state index contributed by atoms with van der Waals surface area (Å²) in [5, 5.41) is 4.79. The lowest BCUT2D eigenvalue weighted by molar-refractivity contribution is 0.0602. The average Bonchev–Trinajstić information content (AvgIpc) is 2.95. The molecular formula is C15H17ClN2O4S2. The van der Waals surface area contributed by atoms with Gasteiger partial charge in [0.2, 0.25) is 0 Å². The molecule has 6 nitrogen and oxygen atoms in total. The number of sulfonamides is 1. The molecule has 2 aromatic rings. The third-order valence-electron chi connectivity index (χ3n) is 3.64. The Bertz CT molecular complexity index is 836. The smallest absolute Gasteiger partial charge is 0.349 e. The molecule has 1 aliphatic heterocycles. The summed E-state index contributed by atoms with van der Waals surface area (Å²) in [7, 11) is -2.60. The van der Waals surface area contributed by atoms with Gasteiger partial charge in [-0.05, 0) is 23.1 Å². The normalized spacial score (nSPS) is 14.3. The molecule has 0 saturated heterocycles. The van der Waals surface area contributed by atoms with E-state index in [-0.39, 0.29) is 22.2 Å². The van der Waals surface area contributed by atoms with E-state index in [1.807, 2.05) is 18.2 Å². The SMILES string of the molecule is COC(=O)c1sccc1S(=O)(=O)N1CCNCc2ccccc21.Cl. The average molecular weight is 389 g/mol. The van der Waals surface area contributed by atoms with E-state index in [1.54, 1.807) is 11.4 Å². The van der Waals surface area contributed by atoms with Gasteiger partial charge in [0, 0.05) is 19.6 Å². The molecule has 0 amide bonds. The number of halogens is 1. The topological polar surface area (TPSA) is 75.7 Å². The van der Waals surface area contributed by atoms with Crippen LogP contribution >= 0.6 is 23.7 Å². The van der Waals surface area contributed by atoms with E-state index in [1.165, 1.54) is 17.5 Å². The summed E-state index contributed by atoms with van der Waals surface area (Å²) < 4.78 is 32.3. The van der Waals surface area contributed by atoms with Gasteiger partial charge >= 0.3 is 5.97 Å². The van der Waals surface area contributed by atoms with E-state index in [0.29, 0.717) is 25.3 Å². The molecule has 1 aliphatic rings. The highest BCUT2D eigenvalue weighted by Gasteiger charge is 2.32. The van der Waals surface area contributed by atoms with Crippen molar-refractivity contribution < 1.29 is 17.9 Å². The second-order valence-electron chi connectivity index (χ2n) is 4.99. The van der Waals surface area contributed by atoms with Gasteiger partial charge in [-0.25, -0.2) is 13.2 Å². The summed E-state index contributed by atoms with van der Waals surface area (Å²) >= 11 is 1.06. The maximum absolute atomic E-state index is 13.1. The van der Waals surface area contributed by atoms with Gasteiger partial charge in [0.1, 0.15) is 9.77 Å². The zero-order valence-corrected chi connectivity index (χ0v) is 15.3. The number of hydrogen-bond donors (Lipinski definition) is 1. The van der Waals surface area contributed by atoms with E-state index in [0.717, 1.165) is 16.9 Å². The maximum Gasteiger partial charge on any atom is 0.349 e. The van der Waals surface area contributed by atoms with Crippen LogP contribution in [0, 0.1) is 0 Å². The molecule has 1 aromatic heterocycles. The number of carbonyl (C=O) groups is 1. The van der Waals surface area contributed by atoms with E-state index in [2.05, 4.69) is 10.1 Å². The zero-order chi connectivity index (χ0) is 16.4. The Hall–Kier alpha value is -1.61. The minimum absolute atomic E-state index is 0. The van der Waals surface area contributed by atoms with Crippen molar-refractivity contribution in [1.82, 2.24) is 5.32 Å². The van der Waals surface area contributed by atoms with Crippen LogP contribution in [0.4, 0.5) is 5.69 Å². The fourth-order valence-corrected chi connectivity index (χ4v) is 5.35. The first kappa shape index (κ1) is 18.7. The van der Waals surface area contributed by atoms with Crippen LogP contribution in [0.1, 0.15) is 15.2 Å². The first-order valence-electron chi connectivity index (χ1n) is 7.03. The van der Waals surface area contributed by atoms with Crippen molar-refractivity contribution in [3.05, 3.63) is 46.2 Å². The van der Waals surface area contributed by atoms with Crippen LogP contribution in [0.2, 0.25) is 0 Å². The molecule has 0 spiro atoms. The third-order valence-corrected chi connectivity index (χ3v) is 6.51. The number of rotatable bonds is 3. The lowest BCUT2D eigenvalue weighted by atomic mass is 10.2. The molecule has 0 bridgehead atoms. The van der Waals surface area contributed by atoms with Crippen molar-refractivity contribution in [2.75, 3.05) is 24.5 Å². The van der Waals surface area contributed by atoms with Crippen LogP contribution in [-0.4, -0.2) is 34.6 Å². The third kappa shape index (κ3) is 3.27. The van der Waals surface area contributed by atoms with Crippen molar-refractivity contribution in [2.45, 2.75) is 11.4 Å². The molecule has 2 heterocycles. The number of carbonyl (C=O) groups excluding carboxylic acids is 1. The van der Waals surface area contributed by atoms with Crippen LogP contribution in [0.3, 0.4) is 0 Å². The lowest BCUT2D eigenvalue weighted by Crippen LogP contribution is -2.35. The van der Waals surface area contributed by atoms with Crippen molar-refractivity contribution in [2.24, 2.45) is 0 Å². The molecule has 130 valence electrons. The number of para-hydroxylation sites is 1. The van der Waals surface area contributed by atoms with Crippen molar-refractivity contribution in [3.63, 3.8) is 0 Å². The number of methoxy groups -OCH3 is 1. The van der Waals surface area contributed by atoms with E-state index >= 15 is 0 Å². The minimum Gasteiger partial charge on any atom is -0.465 e. The van der Waals surface area contributed by atoms with Gasteiger partial charge in [-0.15, -0.1) is 23.7 Å². The Morgan fingerprint density at radius 1 is 1.29 bits per heavy atom. The van der Waals surface area contributed by atoms with Gasteiger partial charge in [0.05, 0.1) is 12.8 Å². The summed E-state index contributed by atoms with van der Waals surface area (Å²) in [6.45, 7) is 1.44. The number of esters is 1. The van der Waals surface area contributed by atoms with E-state index < -0.39 is 16.0 Å². The van der Waals surface area contributed by atoms with Crippen LogP contribution < -0.4 is 9.62 Å². The first-order valence-corrected chi connectivity index (χ1v) is 9.35. The Balaban J connectivity index is 0.00000208. The summed E-state index contributed by atoms with van der Waals surface area (Å²) in [5.41, 5.74) is 1.54. The predicted molar refractivity (Wildman–Crippen MR) is 95.6 cm³/mol. The van der Waals surface area contributed by atoms with Crippen LogP contribution in [0.5, 0.6) is 0 Å². The summed E-state index contributed by atoms with van der Waals surface area (Å²) in [6.07, 6.45) is 0. The van der Waals surface area contributed by atoms with Crippen molar-refractivity contribution >= 4 is 45.4 Å². The Morgan fingerprint density at radius 3 is 2.79 bits per heavy atom. The second kappa shape index (κ2) is 7.52. The molecule has 9 heteroatoms. The molecule has 0 aliphatic carbocycles. The monoisotopic (exact) mass is 388 g/mol. The maximum atomic E-state index is 13.1. The van der Waals surface area contributed by atoms with Gasteiger partial charge in [-0.2, -0.15) is 0 Å². The van der Waals surface area contributed by atoms with E-state index in [4.69, 9.17) is 0 Å². The molecule has 0 fully saturated rings. The lowest BCUT2D eigenvalue weighted by Gasteiger charge is -2.24. The largest absolute Gasteiger partial charge is 0.465 e. The van der Waals surface area contributed by atoms with Crippen LogP contribution in [0.15, 0.2) is 40.6 Å². The summed E-state index contributed by atoms with van der Waals surface area (Å²) in [5.74, 6) is -0.639. The van der Waals surface area contributed by atoms with Gasteiger partial charge in [0.25, 0.3) is 10.0 Å². The van der Waals surface area contributed by atoms with Crippen molar-refractivity contribution in [3.8, 4) is 0 Å². The molecule has 3 rings (SSSR count). The molecular weight excluding hydrogens is 372 g/mol. The molecule has 1 N–H and O–H groups in total. The minimum atomic E-state index is -3.84. The van der Waals surface area contributed by atoms with Gasteiger partial charge in [0.15, 0.2) is 0 Å².